The molecule has 9 heteroatoms. The number of aliphatic hydroxyl groups excluding tert-OH is 1. The van der Waals surface area contributed by atoms with Crippen molar-refractivity contribution in [1.82, 2.24) is 0 Å². The van der Waals surface area contributed by atoms with Gasteiger partial charge in [0.05, 0.1) is 13.7 Å². The Morgan fingerprint density at radius 2 is 1.63 bits per heavy atom. The first-order valence-electron chi connectivity index (χ1n) is 8.24. The standard InChI is InChI=1S/C18H22O9/c1-10(19)25-14-13(21)18(24-9-12-7-5-4-6-8-12)27-16(17(22)23-3)15(14)26-11(2)20/h4-8,13-16,18,21H,9H2,1-3H3/t13-,14-,15-,16+,18-/m1/s1. The molecule has 0 saturated carbocycles. The number of ether oxygens (including phenoxy) is 5. The molecule has 0 aromatic heterocycles. The summed E-state index contributed by atoms with van der Waals surface area (Å²) < 4.78 is 25.9. The maximum absolute atomic E-state index is 12.1. The number of rotatable bonds is 6. The van der Waals surface area contributed by atoms with Crippen LogP contribution in [0.2, 0.25) is 0 Å². The molecule has 5 atom stereocenters. The van der Waals surface area contributed by atoms with E-state index in [9.17, 15) is 19.5 Å². The van der Waals surface area contributed by atoms with Gasteiger partial charge >= 0.3 is 17.9 Å². The first-order chi connectivity index (χ1) is 12.8. The summed E-state index contributed by atoms with van der Waals surface area (Å²) in [5.74, 6) is -2.34. The van der Waals surface area contributed by atoms with Crippen molar-refractivity contribution in [2.45, 2.75) is 51.2 Å². The summed E-state index contributed by atoms with van der Waals surface area (Å²) >= 11 is 0. The molecule has 0 bridgehead atoms. The fourth-order valence-electron chi connectivity index (χ4n) is 2.67. The number of methoxy groups -OCH3 is 1. The van der Waals surface area contributed by atoms with Gasteiger partial charge in [0, 0.05) is 13.8 Å². The lowest BCUT2D eigenvalue weighted by molar-refractivity contribution is -0.301. The third kappa shape index (κ3) is 5.49. The molecule has 9 nitrogen and oxygen atoms in total. The fraction of sp³-hybridized carbons (Fsp3) is 0.500. The van der Waals surface area contributed by atoms with Crippen molar-refractivity contribution >= 4 is 17.9 Å². The van der Waals surface area contributed by atoms with Gasteiger partial charge in [-0.3, -0.25) is 9.59 Å². The molecule has 148 valence electrons. The van der Waals surface area contributed by atoms with E-state index in [-0.39, 0.29) is 6.61 Å². The zero-order valence-corrected chi connectivity index (χ0v) is 15.2. The predicted molar refractivity (Wildman–Crippen MR) is 89.0 cm³/mol. The first-order valence-corrected chi connectivity index (χ1v) is 8.24. The van der Waals surface area contributed by atoms with E-state index in [0.717, 1.165) is 26.5 Å². The maximum atomic E-state index is 12.1. The minimum Gasteiger partial charge on any atom is -0.467 e. The molecule has 1 fully saturated rings. The van der Waals surface area contributed by atoms with Crippen molar-refractivity contribution in [3.63, 3.8) is 0 Å². The molecule has 1 aliphatic rings. The summed E-state index contributed by atoms with van der Waals surface area (Å²) in [7, 11) is 1.13. The second kappa shape index (κ2) is 9.45. The molecule has 1 aliphatic heterocycles. The van der Waals surface area contributed by atoms with Crippen molar-refractivity contribution in [2.75, 3.05) is 7.11 Å². The zero-order valence-electron chi connectivity index (χ0n) is 15.2. The van der Waals surface area contributed by atoms with Crippen LogP contribution in [0, 0.1) is 0 Å². The summed E-state index contributed by atoms with van der Waals surface area (Å²) in [5, 5.41) is 10.5. The highest BCUT2D eigenvalue weighted by atomic mass is 16.7. The van der Waals surface area contributed by atoms with Gasteiger partial charge in [-0.05, 0) is 5.56 Å². The first kappa shape index (κ1) is 20.8. The van der Waals surface area contributed by atoms with E-state index in [1.807, 2.05) is 18.2 Å². The molecule has 0 amide bonds. The topological polar surface area (TPSA) is 118 Å². The van der Waals surface area contributed by atoms with Crippen molar-refractivity contribution in [2.24, 2.45) is 0 Å². The monoisotopic (exact) mass is 382 g/mol. The third-order valence-corrected chi connectivity index (χ3v) is 3.81. The molecule has 0 radical (unpaired) electrons. The Kier molecular flexibility index (Phi) is 7.28. The Bertz CT molecular complexity index is 660. The van der Waals surface area contributed by atoms with Crippen LogP contribution in [0.25, 0.3) is 0 Å². The highest BCUT2D eigenvalue weighted by molar-refractivity contribution is 5.77. The van der Waals surface area contributed by atoms with Crippen molar-refractivity contribution < 1.29 is 43.2 Å². The fourth-order valence-corrected chi connectivity index (χ4v) is 2.67. The molecule has 1 aromatic rings. The number of aliphatic hydroxyl groups is 1. The van der Waals surface area contributed by atoms with Gasteiger partial charge in [-0.25, -0.2) is 4.79 Å². The number of hydrogen-bond donors (Lipinski definition) is 1. The van der Waals surface area contributed by atoms with Gasteiger partial charge in [0.1, 0.15) is 6.10 Å². The van der Waals surface area contributed by atoms with Crippen LogP contribution in [-0.2, 0) is 44.7 Å². The Labute approximate surface area is 156 Å². The van der Waals surface area contributed by atoms with E-state index in [1.54, 1.807) is 12.1 Å². The van der Waals surface area contributed by atoms with E-state index in [0.29, 0.717) is 0 Å². The van der Waals surface area contributed by atoms with E-state index >= 15 is 0 Å². The number of esters is 3. The molecule has 2 rings (SSSR count). The number of carbonyl (C=O) groups is 3. The zero-order chi connectivity index (χ0) is 20.0. The summed E-state index contributed by atoms with van der Waals surface area (Å²) in [4.78, 5) is 35.0. The average Bonchev–Trinajstić information content (AvgIpc) is 2.63. The molecular formula is C18H22O9. The highest BCUT2D eigenvalue weighted by Crippen LogP contribution is 2.28. The Hall–Kier alpha value is -2.49. The van der Waals surface area contributed by atoms with Crippen molar-refractivity contribution in [3.05, 3.63) is 35.9 Å². The lowest BCUT2D eigenvalue weighted by Gasteiger charge is -2.41. The molecule has 1 saturated heterocycles. The molecule has 1 aromatic carbocycles. The minimum atomic E-state index is -1.50. The normalized spacial score (nSPS) is 27.5. The van der Waals surface area contributed by atoms with Gasteiger partial charge < -0.3 is 28.8 Å². The van der Waals surface area contributed by atoms with Crippen LogP contribution in [0.5, 0.6) is 0 Å². The van der Waals surface area contributed by atoms with Crippen LogP contribution in [0.1, 0.15) is 19.4 Å². The molecule has 0 spiro atoms. The van der Waals surface area contributed by atoms with E-state index in [2.05, 4.69) is 4.74 Å². The van der Waals surface area contributed by atoms with Crippen LogP contribution >= 0.6 is 0 Å². The van der Waals surface area contributed by atoms with Crippen molar-refractivity contribution in [3.8, 4) is 0 Å². The van der Waals surface area contributed by atoms with Gasteiger partial charge in [0.25, 0.3) is 0 Å². The van der Waals surface area contributed by atoms with Crippen molar-refractivity contribution in [1.29, 1.82) is 0 Å². The molecule has 0 aliphatic carbocycles. The second-order valence-electron chi connectivity index (χ2n) is 5.88. The van der Waals surface area contributed by atoms with Crippen LogP contribution in [0.3, 0.4) is 0 Å². The number of carbonyl (C=O) groups excluding carboxylic acids is 3. The van der Waals surface area contributed by atoms with Gasteiger partial charge in [0.15, 0.2) is 24.6 Å². The Balaban J connectivity index is 2.24. The SMILES string of the molecule is COC(=O)[C@H]1O[C@@H](OCc2ccccc2)[C@H](O)[C@@H](OC(C)=O)[C@H]1OC(C)=O. The van der Waals surface area contributed by atoms with Gasteiger partial charge in [-0.1, -0.05) is 30.3 Å². The number of hydrogen-bond acceptors (Lipinski definition) is 9. The van der Waals surface area contributed by atoms with Crippen LogP contribution in [-0.4, -0.2) is 60.8 Å². The number of benzene rings is 1. The highest BCUT2D eigenvalue weighted by Gasteiger charge is 2.53. The Morgan fingerprint density at radius 1 is 1.04 bits per heavy atom. The van der Waals surface area contributed by atoms with Crippen LogP contribution in [0.4, 0.5) is 0 Å². The van der Waals surface area contributed by atoms with E-state index in [1.165, 1.54) is 0 Å². The van der Waals surface area contributed by atoms with Gasteiger partial charge in [-0.15, -0.1) is 0 Å². The Morgan fingerprint density at radius 3 is 2.19 bits per heavy atom. The predicted octanol–water partition coefficient (Wildman–Crippen LogP) is 0.325. The molecular weight excluding hydrogens is 360 g/mol. The third-order valence-electron chi connectivity index (χ3n) is 3.81. The molecule has 1 N–H and O–H groups in total. The summed E-state index contributed by atoms with van der Waals surface area (Å²) in [5.41, 5.74) is 0.800. The second-order valence-corrected chi connectivity index (χ2v) is 5.88. The molecule has 27 heavy (non-hydrogen) atoms. The minimum absolute atomic E-state index is 0.0709. The average molecular weight is 382 g/mol. The van der Waals surface area contributed by atoms with E-state index in [4.69, 9.17) is 18.9 Å². The van der Waals surface area contributed by atoms with Gasteiger partial charge in [0.2, 0.25) is 0 Å². The van der Waals surface area contributed by atoms with Gasteiger partial charge in [-0.2, -0.15) is 0 Å². The van der Waals surface area contributed by atoms with E-state index < -0.39 is 48.6 Å². The summed E-state index contributed by atoms with van der Waals surface area (Å²) in [6.07, 6.45) is -7.00. The lowest BCUT2D eigenvalue weighted by Crippen LogP contribution is -2.62. The molecule has 1 heterocycles. The quantitative estimate of drug-likeness (QED) is 0.548. The summed E-state index contributed by atoms with van der Waals surface area (Å²) in [6, 6.07) is 9.07. The summed E-state index contributed by atoms with van der Waals surface area (Å²) in [6.45, 7) is 2.31. The van der Waals surface area contributed by atoms with Crippen LogP contribution in [0.15, 0.2) is 30.3 Å². The largest absolute Gasteiger partial charge is 0.467 e. The smallest absolute Gasteiger partial charge is 0.339 e. The maximum Gasteiger partial charge on any atom is 0.339 e. The van der Waals surface area contributed by atoms with Crippen LogP contribution < -0.4 is 0 Å². The molecule has 0 unspecified atom stereocenters. The lowest BCUT2D eigenvalue weighted by atomic mass is 9.98.